The molecule has 0 radical (unpaired) electrons. The molecule has 1 N–H and O–H groups in total. The molecule has 150 valence electrons. The molecule has 6 heteroatoms. The molecule has 4 rings (SSSR count). The van der Waals surface area contributed by atoms with Crippen molar-refractivity contribution in [2.45, 2.75) is 31.8 Å². The van der Waals surface area contributed by atoms with Crippen LogP contribution >= 0.6 is 11.3 Å². The van der Waals surface area contributed by atoms with Gasteiger partial charge in [0, 0.05) is 29.7 Å². The average molecular weight is 402 g/mol. The van der Waals surface area contributed by atoms with Gasteiger partial charge in [0.15, 0.2) is 0 Å². The normalized spacial score (nSPS) is 24.5. The lowest BCUT2D eigenvalue weighted by molar-refractivity contribution is -0.119. The number of halogens is 1. The molecule has 0 unspecified atom stereocenters. The van der Waals surface area contributed by atoms with Gasteiger partial charge in [0.25, 0.3) is 0 Å². The van der Waals surface area contributed by atoms with Gasteiger partial charge in [-0.05, 0) is 81.0 Å². The number of carbonyl (C=O) groups is 1. The fourth-order valence-electron chi connectivity index (χ4n) is 4.67. The SMILES string of the molecule is CN1C[C@H](C(=O)Nc2ccc(F)cc2)C[C@@H]1C1CCN(Cc2cccs2)CC1. The van der Waals surface area contributed by atoms with Crippen LogP contribution in [0.5, 0.6) is 0 Å². The fourth-order valence-corrected chi connectivity index (χ4v) is 5.41. The van der Waals surface area contributed by atoms with Crippen LogP contribution < -0.4 is 5.32 Å². The van der Waals surface area contributed by atoms with Crippen molar-refractivity contribution in [3.8, 4) is 0 Å². The van der Waals surface area contributed by atoms with Crippen molar-refractivity contribution in [2.75, 3.05) is 32.0 Å². The molecular formula is C22H28FN3OS. The molecule has 2 atom stereocenters. The standard InChI is InChI=1S/C22H28FN3OS/c1-25-14-17(22(27)24-19-6-4-18(23)5-7-19)13-21(25)16-8-10-26(11-9-16)15-20-3-2-12-28-20/h2-7,12,16-17,21H,8-11,13-15H2,1H3,(H,24,27)/t17-,21-/m1/s1. The zero-order chi connectivity index (χ0) is 19.5. The van der Waals surface area contributed by atoms with E-state index in [1.807, 2.05) is 11.3 Å². The number of benzene rings is 1. The Morgan fingerprint density at radius 1 is 1.21 bits per heavy atom. The summed E-state index contributed by atoms with van der Waals surface area (Å²) in [7, 11) is 2.15. The first kappa shape index (κ1) is 19.6. The van der Waals surface area contributed by atoms with E-state index in [4.69, 9.17) is 0 Å². The molecule has 2 aliphatic heterocycles. The maximum atomic E-state index is 13.0. The van der Waals surface area contributed by atoms with Gasteiger partial charge in [-0.1, -0.05) is 6.07 Å². The number of piperidine rings is 1. The molecule has 0 bridgehead atoms. The third kappa shape index (κ3) is 4.62. The van der Waals surface area contributed by atoms with Crippen molar-refractivity contribution in [2.24, 2.45) is 11.8 Å². The zero-order valence-electron chi connectivity index (χ0n) is 16.3. The number of rotatable bonds is 5. The summed E-state index contributed by atoms with van der Waals surface area (Å²) >= 11 is 1.83. The Balaban J connectivity index is 1.28. The fraction of sp³-hybridized carbons (Fsp3) is 0.500. The van der Waals surface area contributed by atoms with Crippen LogP contribution in [0, 0.1) is 17.7 Å². The van der Waals surface area contributed by atoms with Crippen LogP contribution in [0.4, 0.5) is 10.1 Å². The van der Waals surface area contributed by atoms with Crippen molar-refractivity contribution in [1.82, 2.24) is 9.80 Å². The number of hydrogen-bond donors (Lipinski definition) is 1. The topological polar surface area (TPSA) is 35.6 Å². The van der Waals surface area contributed by atoms with E-state index in [1.54, 1.807) is 12.1 Å². The van der Waals surface area contributed by atoms with E-state index >= 15 is 0 Å². The van der Waals surface area contributed by atoms with E-state index in [1.165, 1.54) is 29.9 Å². The molecule has 28 heavy (non-hydrogen) atoms. The lowest BCUT2D eigenvalue weighted by Crippen LogP contribution is -2.41. The summed E-state index contributed by atoms with van der Waals surface area (Å²) in [6.07, 6.45) is 3.32. The number of carbonyl (C=O) groups excluding carboxylic acids is 1. The zero-order valence-corrected chi connectivity index (χ0v) is 17.1. The second kappa shape index (κ2) is 8.72. The highest BCUT2D eigenvalue weighted by molar-refractivity contribution is 7.09. The Morgan fingerprint density at radius 2 is 1.96 bits per heavy atom. The number of amides is 1. The quantitative estimate of drug-likeness (QED) is 0.821. The molecule has 2 aliphatic rings. The minimum absolute atomic E-state index is 0.00389. The predicted octanol–water partition coefficient (Wildman–Crippen LogP) is 4.06. The van der Waals surface area contributed by atoms with E-state index in [9.17, 15) is 9.18 Å². The van der Waals surface area contributed by atoms with Crippen LogP contribution in [-0.4, -0.2) is 48.4 Å². The Morgan fingerprint density at radius 3 is 2.64 bits per heavy atom. The Labute approximate surface area is 170 Å². The number of likely N-dealkylation sites (tertiary alicyclic amines) is 2. The number of hydrogen-bond acceptors (Lipinski definition) is 4. The monoisotopic (exact) mass is 401 g/mol. The van der Waals surface area contributed by atoms with Crippen LogP contribution in [0.15, 0.2) is 41.8 Å². The highest BCUT2D eigenvalue weighted by Gasteiger charge is 2.39. The van der Waals surface area contributed by atoms with Crippen LogP contribution in [0.1, 0.15) is 24.1 Å². The van der Waals surface area contributed by atoms with Crippen molar-refractivity contribution in [3.05, 3.63) is 52.5 Å². The van der Waals surface area contributed by atoms with Gasteiger partial charge in [0.1, 0.15) is 5.82 Å². The first-order valence-electron chi connectivity index (χ1n) is 10.1. The smallest absolute Gasteiger partial charge is 0.228 e. The molecule has 2 aromatic rings. The van der Waals surface area contributed by atoms with E-state index in [2.05, 4.69) is 39.7 Å². The Hall–Kier alpha value is -1.76. The molecule has 0 spiro atoms. The summed E-state index contributed by atoms with van der Waals surface area (Å²) in [5.41, 5.74) is 0.666. The minimum atomic E-state index is -0.288. The van der Waals surface area contributed by atoms with E-state index in [0.717, 1.165) is 32.6 Å². The molecule has 1 aromatic carbocycles. The molecule has 2 saturated heterocycles. The number of anilines is 1. The summed E-state index contributed by atoms with van der Waals surface area (Å²) in [6, 6.07) is 10.8. The van der Waals surface area contributed by atoms with Gasteiger partial charge in [-0.2, -0.15) is 0 Å². The summed E-state index contributed by atoms with van der Waals surface area (Å²) in [5.74, 6) is 0.428. The lowest BCUT2D eigenvalue weighted by Gasteiger charge is -2.36. The molecule has 2 fully saturated rings. The summed E-state index contributed by atoms with van der Waals surface area (Å²) in [4.78, 5) is 19.0. The Kier molecular flexibility index (Phi) is 6.09. The maximum Gasteiger partial charge on any atom is 0.228 e. The number of nitrogens with one attached hydrogen (secondary N) is 1. The van der Waals surface area contributed by atoms with E-state index in [-0.39, 0.29) is 17.6 Å². The largest absolute Gasteiger partial charge is 0.326 e. The Bertz CT molecular complexity index is 772. The van der Waals surface area contributed by atoms with Gasteiger partial charge in [0.2, 0.25) is 5.91 Å². The predicted molar refractivity (Wildman–Crippen MR) is 112 cm³/mol. The minimum Gasteiger partial charge on any atom is -0.326 e. The highest BCUT2D eigenvalue weighted by atomic mass is 32.1. The van der Waals surface area contributed by atoms with Gasteiger partial charge in [-0.25, -0.2) is 4.39 Å². The van der Waals surface area contributed by atoms with E-state index in [0.29, 0.717) is 17.6 Å². The first-order chi connectivity index (χ1) is 13.6. The van der Waals surface area contributed by atoms with Gasteiger partial charge in [-0.3, -0.25) is 9.69 Å². The molecule has 1 aromatic heterocycles. The molecule has 0 saturated carbocycles. The van der Waals surface area contributed by atoms with Crippen molar-refractivity contribution in [3.63, 3.8) is 0 Å². The molecule has 0 aliphatic carbocycles. The molecule has 1 amide bonds. The summed E-state index contributed by atoms with van der Waals surface area (Å²) < 4.78 is 13.0. The van der Waals surface area contributed by atoms with Gasteiger partial charge in [0.05, 0.1) is 5.92 Å². The third-order valence-corrected chi connectivity index (χ3v) is 7.08. The number of nitrogens with zero attached hydrogens (tertiary/aromatic N) is 2. The molecule has 4 nitrogen and oxygen atoms in total. The summed E-state index contributed by atoms with van der Waals surface area (Å²) in [5, 5.41) is 5.09. The third-order valence-electron chi connectivity index (χ3n) is 6.22. The van der Waals surface area contributed by atoms with Crippen LogP contribution in [0.25, 0.3) is 0 Å². The van der Waals surface area contributed by atoms with Gasteiger partial charge >= 0.3 is 0 Å². The maximum absolute atomic E-state index is 13.0. The van der Waals surface area contributed by atoms with Crippen LogP contribution in [0.3, 0.4) is 0 Å². The summed E-state index contributed by atoms with van der Waals surface area (Å²) in [6.45, 7) is 4.14. The second-order valence-corrected chi connectivity index (χ2v) is 9.16. The highest BCUT2D eigenvalue weighted by Crippen LogP contribution is 2.34. The van der Waals surface area contributed by atoms with Crippen LogP contribution in [-0.2, 0) is 11.3 Å². The van der Waals surface area contributed by atoms with Crippen molar-refractivity contribution >= 4 is 22.9 Å². The van der Waals surface area contributed by atoms with E-state index < -0.39 is 0 Å². The molecule has 3 heterocycles. The van der Waals surface area contributed by atoms with Crippen molar-refractivity contribution in [1.29, 1.82) is 0 Å². The molecular weight excluding hydrogens is 373 g/mol. The van der Waals surface area contributed by atoms with Crippen LogP contribution in [0.2, 0.25) is 0 Å². The lowest BCUT2D eigenvalue weighted by atomic mass is 9.86. The second-order valence-electron chi connectivity index (χ2n) is 8.13. The van der Waals surface area contributed by atoms with Crippen molar-refractivity contribution < 1.29 is 9.18 Å². The average Bonchev–Trinajstić information content (AvgIpc) is 3.34. The van der Waals surface area contributed by atoms with Gasteiger partial charge < -0.3 is 10.2 Å². The first-order valence-corrected chi connectivity index (χ1v) is 11.0. The number of thiophene rings is 1. The van der Waals surface area contributed by atoms with Gasteiger partial charge in [-0.15, -0.1) is 11.3 Å².